The molecule has 2 aliphatic heterocycles. The first-order valence-corrected chi connectivity index (χ1v) is 8.64. The standard InChI is InChI=1S/C17H21N3O6/c1-3-25-11(21)9-10-13(19-5-6-19)16(23)12(18-17(24)26-4-2)14(15(10)22)20-7-8-20/h3-9H2,1-2H3,(H,18,24). The first kappa shape index (κ1) is 18.0. The van der Waals surface area contributed by atoms with Crippen molar-refractivity contribution in [2.75, 3.05) is 39.4 Å². The van der Waals surface area contributed by atoms with Gasteiger partial charge in [0.25, 0.3) is 0 Å². The van der Waals surface area contributed by atoms with E-state index in [2.05, 4.69) is 5.32 Å². The van der Waals surface area contributed by atoms with Gasteiger partial charge in [0.15, 0.2) is 0 Å². The maximum absolute atomic E-state index is 13.0. The van der Waals surface area contributed by atoms with Crippen LogP contribution >= 0.6 is 0 Å². The van der Waals surface area contributed by atoms with Gasteiger partial charge in [-0.3, -0.25) is 19.7 Å². The van der Waals surface area contributed by atoms with Crippen molar-refractivity contribution in [1.29, 1.82) is 0 Å². The van der Waals surface area contributed by atoms with Crippen LogP contribution in [0.1, 0.15) is 20.3 Å². The molecule has 1 amide bonds. The maximum Gasteiger partial charge on any atom is 0.411 e. The number of rotatable bonds is 7. The molecular weight excluding hydrogens is 342 g/mol. The highest BCUT2D eigenvalue weighted by Gasteiger charge is 2.44. The molecule has 0 aromatic rings. The molecule has 0 bridgehead atoms. The van der Waals surface area contributed by atoms with Crippen LogP contribution in [0.3, 0.4) is 0 Å². The SMILES string of the molecule is CCOC(=O)CC1=C(N2CC2)C(=O)C(NC(=O)OCC)=C(N2CC2)C1=O. The number of carbonyl (C=O) groups excluding carboxylic acids is 4. The van der Waals surface area contributed by atoms with Crippen LogP contribution in [0.25, 0.3) is 0 Å². The monoisotopic (exact) mass is 363 g/mol. The fraction of sp³-hybridized carbons (Fsp3) is 0.529. The zero-order valence-electron chi connectivity index (χ0n) is 14.8. The van der Waals surface area contributed by atoms with Crippen molar-refractivity contribution in [1.82, 2.24) is 15.1 Å². The Balaban J connectivity index is 1.96. The van der Waals surface area contributed by atoms with Crippen LogP contribution in [0.4, 0.5) is 4.79 Å². The van der Waals surface area contributed by atoms with E-state index in [1.807, 2.05) is 0 Å². The van der Waals surface area contributed by atoms with Gasteiger partial charge in [-0.25, -0.2) is 4.79 Å². The molecule has 0 saturated carbocycles. The fourth-order valence-electron chi connectivity index (χ4n) is 2.82. The number of allylic oxidation sites excluding steroid dienone is 1. The number of esters is 1. The molecule has 0 unspecified atom stereocenters. The van der Waals surface area contributed by atoms with Crippen molar-refractivity contribution >= 4 is 23.6 Å². The van der Waals surface area contributed by atoms with Crippen molar-refractivity contribution in [2.45, 2.75) is 20.3 Å². The fourth-order valence-corrected chi connectivity index (χ4v) is 2.82. The van der Waals surface area contributed by atoms with Gasteiger partial charge in [-0.15, -0.1) is 0 Å². The maximum atomic E-state index is 13.0. The van der Waals surface area contributed by atoms with Crippen LogP contribution in [-0.2, 0) is 23.9 Å². The van der Waals surface area contributed by atoms with E-state index in [-0.39, 0.29) is 42.3 Å². The molecule has 9 heteroatoms. The normalized spacial score (nSPS) is 19.0. The van der Waals surface area contributed by atoms with Gasteiger partial charge in [-0.05, 0) is 13.8 Å². The third kappa shape index (κ3) is 3.56. The number of ether oxygens (including phenoxy) is 2. The Kier molecular flexibility index (Phi) is 4.97. The average Bonchev–Trinajstić information content (AvgIpc) is 3.45. The summed E-state index contributed by atoms with van der Waals surface area (Å²) in [4.78, 5) is 53.2. The Hall–Kier alpha value is -2.84. The lowest BCUT2D eigenvalue weighted by molar-refractivity contribution is -0.142. The van der Waals surface area contributed by atoms with Gasteiger partial charge in [0.1, 0.15) is 11.4 Å². The first-order chi connectivity index (χ1) is 12.5. The number of alkyl carbamates (subject to hydrolysis) is 1. The van der Waals surface area contributed by atoms with Gasteiger partial charge < -0.3 is 19.3 Å². The number of nitrogens with zero attached hydrogens (tertiary/aromatic N) is 2. The number of amides is 1. The molecule has 0 radical (unpaired) electrons. The van der Waals surface area contributed by atoms with E-state index in [4.69, 9.17) is 9.47 Å². The third-order valence-electron chi connectivity index (χ3n) is 4.11. The molecule has 2 saturated heterocycles. The Morgan fingerprint density at radius 1 is 0.923 bits per heavy atom. The molecule has 1 N–H and O–H groups in total. The predicted octanol–water partition coefficient (Wildman–Crippen LogP) is -0.0656. The molecule has 26 heavy (non-hydrogen) atoms. The lowest BCUT2D eigenvalue weighted by Gasteiger charge is -2.25. The molecule has 0 spiro atoms. The summed E-state index contributed by atoms with van der Waals surface area (Å²) < 4.78 is 9.78. The van der Waals surface area contributed by atoms with Crippen molar-refractivity contribution in [2.24, 2.45) is 0 Å². The van der Waals surface area contributed by atoms with E-state index in [1.165, 1.54) is 0 Å². The number of Topliss-reactive ketones (excluding diaryl/α,β-unsaturated/α-hetero) is 2. The molecule has 0 aromatic carbocycles. The number of nitrogens with one attached hydrogen (secondary N) is 1. The van der Waals surface area contributed by atoms with Crippen molar-refractivity contribution < 1.29 is 28.7 Å². The number of hydrogen-bond acceptors (Lipinski definition) is 8. The summed E-state index contributed by atoms with van der Waals surface area (Å²) in [5.41, 5.74) is 0.330. The van der Waals surface area contributed by atoms with Gasteiger partial charge in [0, 0.05) is 31.8 Å². The zero-order valence-corrected chi connectivity index (χ0v) is 14.8. The summed E-state index contributed by atoms with van der Waals surface area (Å²) in [5.74, 6) is -1.46. The van der Waals surface area contributed by atoms with Gasteiger partial charge >= 0.3 is 12.1 Å². The lowest BCUT2D eigenvalue weighted by atomic mass is 9.92. The van der Waals surface area contributed by atoms with Gasteiger partial charge in [0.2, 0.25) is 11.6 Å². The van der Waals surface area contributed by atoms with E-state index in [9.17, 15) is 19.2 Å². The van der Waals surface area contributed by atoms with Gasteiger partial charge in [0.05, 0.1) is 25.3 Å². The highest BCUT2D eigenvalue weighted by atomic mass is 16.5. The van der Waals surface area contributed by atoms with Crippen LogP contribution in [-0.4, -0.2) is 72.8 Å². The van der Waals surface area contributed by atoms with Crippen LogP contribution in [0.5, 0.6) is 0 Å². The largest absolute Gasteiger partial charge is 0.466 e. The first-order valence-electron chi connectivity index (χ1n) is 8.64. The van der Waals surface area contributed by atoms with E-state index in [0.29, 0.717) is 26.2 Å². The van der Waals surface area contributed by atoms with E-state index < -0.39 is 23.6 Å². The molecule has 3 rings (SSSR count). The Labute approximate surface area is 150 Å². The topological polar surface area (TPSA) is 105 Å². The third-order valence-corrected chi connectivity index (χ3v) is 4.11. The average molecular weight is 363 g/mol. The molecular formula is C17H21N3O6. The second-order valence-corrected chi connectivity index (χ2v) is 6.01. The Morgan fingerprint density at radius 2 is 1.50 bits per heavy atom. The van der Waals surface area contributed by atoms with Gasteiger partial charge in [-0.2, -0.15) is 0 Å². The minimum Gasteiger partial charge on any atom is -0.466 e. The smallest absolute Gasteiger partial charge is 0.411 e. The summed E-state index contributed by atoms with van der Waals surface area (Å²) in [7, 11) is 0. The molecule has 0 atom stereocenters. The second kappa shape index (κ2) is 7.19. The van der Waals surface area contributed by atoms with E-state index >= 15 is 0 Å². The zero-order chi connectivity index (χ0) is 18.8. The van der Waals surface area contributed by atoms with Crippen LogP contribution in [0.15, 0.2) is 22.7 Å². The molecule has 3 aliphatic rings. The molecule has 9 nitrogen and oxygen atoms in total. The lowest BCUT2D eigenvalue weighted by Crippen LogP contribution is -2.39. The van der Waals surface area contributed by atoms with Crippen molar-refractivity contribution in [3.8, 4) is 0 Å². The minimum atomic E-state index is -0.790. The van der Waals surface area contributed by atoms with Crippen LogP contribution < -0.4 is 5.32 Å². The predicted molar refractivity (Wildman–Crippen MR) is 88.6 cm³/mol. The molecule has 2 heterocycles. The Bertz CT molecular complexity index is 669. The van der Waals surface area contributed by atoms with Crippen molar-refractivity contribution in [3.63, 3.8) is 0 Å². The number of ketones is 2. The molecule has 2 fully saturated rings. The van der Waals surface area contributed by atoms with E-state index in [0.717, 1.165) is 0 Å². The molecule has 0 aromatic heterocycles. The summed E-state index contributed by atoms with van der Waals surface area (Å²) in [6, 6.07) is 0. The Morgan fingerprint density at radius 3 is 2.04 bits per heavy atom. The quantitative estimate of drug-likeness (QED) is 0.381. The van der Waals surface area contributed by atoms with Crippen LogP contribution in [0, 0.1) is 0 Å². The minimum absolute atomic E-state index is 0.0829. The van der Waals surface area contributed by atoms with E-state index in [1.54, 1.807) is 23.6 Å². The number of carbonyl (C=O) groups is 4. The molecule has 140 valence electrons. The summed E-state index contributed by atoms with van der Waals surface area (Å²) in [6.45, 7) is 6.10. The highest BCUT2D eigenvalue weighted by Crippen LogP contribution is 2.34. The van der Waals surface area contributed by atoms with Crippen molar-refractivity contribution in [3.05, 3.63) is 22.7 Å². The summed E-state index contributed by atoms with van der Waals surface area (Å²) >= 11 is 0. The molecule has 1 aliphatic carbocycles. The number of hydrogen-bond donors (Lipinski definition) is 1. The highest BCUT2D eigenvalue weighted by molar-refractivity contribution is 6.26. The summed E-state index contributed by atoms with van der Waals surface area (Å²) in [6.07, 6.45) is -1.06. The second-order valence-electron chi connectivity index (χ2n) is 6.01. The van der Waals surface area contributed by atoms with Crippen LogP contribution in [0.2, 0.25) is 0 Å². The van der Waals surface area contributed by atoms with Gasteiger partial charge in [-0.1, -0.05) is 0 Å². The summed E-state index contributed by atoms with van der Waals surface area (Å²) in [5, 5.41) is 2.41.